The largest absolute Gasteiger partial charge is 0.0839 e. The lowest BCUT2D eigenvalue weighted by molar-refractivity contribution is 0.571. The van der Waals surface area contributed by atoms with Crippen LogP contribution in [-0.4, -0.2) is 0 Å². The van der Waals surface area contributed by atoms with Crippen LogP contribution in [0.1, 0.15) is 90.8 Å². The summed E-state index contributed by atoms with van der Waals surface area (Å²) in [6, 6.07) is 58.4. The quantitative estimate of drug-likeness (QED) is 0.136. The summed E-state index contributed by atoms with van der Waals surface area (Å²) < 4.78 is 0. The standard InChI is InChI=1S/C57H40Cl4/c58-49-24-12-25-50(59)56(49)54(43-30-28-34-14-4-6-18-37(34)43)47-32-45(39-20-8-10-22-41(39)47)53(36-16-2-1-3-17-36)46-33-48(42-23-11-9-21-40(42)46)55(57-51(60)26-13-27-52(57)61)44-31-29-35-15-5-7-19-38(35)44/h1-27,30-33,45-46,53-55H,28-29H2. The molecule has 0 saturated carbocycles. The molecule has 61 heavy (non-hydrogen) atoms. The van der Waals surface area contributed by atoms with Crippen LogP contribution in [0.2, 0.25) is 20.1 Å². The molecule has 0 heterocycles. The van der Waals surface area contributed by atoms with Gasteiger partial charge in [-0.2, -0.15) is 0 Å². The molecule has 4 atom stereocenters. The fourth-order valence-corrected chi connectivity index (χ4v) is 12.2. The van der Waals surface area contributed by atoms with Crippen molar-refractivity contribution < 1.29 is 0 Å². The zero-order valence-corrected chi connectivity index (χ0v) is 36.2. The van der Waals surface area contributed by atoms with E-state index in [9.17, 15) is 0 Å². The van der Waals surface area contributed by atoms with E-state index >= 15 is 0 Å². The van der Waals surface area contributed by atoms with Gasteiger partial charge < -0.3 is 0 Å². The van der Waals surface area contributed by atoms with E-state index in [1.54, 1.807) is 0 Å². The van der Waals surface area contributed by atoms with E-state index < -0.39 is 0 Å². The Morgan fingerprint density at radius 1 is 0.361 bits per heavy atom. The summed E-state index contributed by atoms with van der Waals surface area (Å²) in [6.07, 6.45) is 11.6. The molecule has 0 amide bonds. The van der Waals surface area contributed by atoms with E-state index in [4.69, 9.17) is 46.4 Å². The fourth-order valence-electron chi connectivity index (χ4n) is 11.0. The molecule has 0 saturated heterocycles. The summed E-state index contributed by atoms with van der Waals surface area (Å²) in [6.45, 7) is 0. The van der Waals surface area contributed by atoms with Gasteiger partial charge in [0.05, 0.1) is 0 Å². The van der Waals surface area contributed by atoms with Crippen LogP contribution in [0.25, 0.3) is 22.3 Å². The normalized spacial score (nSPS) is 18.6. The minimum atomic E-state index is -0.171. The molecule has 7 aromatic rings. The van der Waals surface area contributed by atoms with E-state index in [1.165, 1.54) is 72.4 Å². The van der Waals surface area contributed by atoms with Gasteiger partial charge in [-0.15, -0.1) is 0 Å². The lowest BCUT2D eigenvalue weighted by Crippen LogP contribution is -2.15. The van der Waals surface area contributed by atoms with Gasteiger partial charge in [0, 0.05) is 60.8 Å². The predicted molar refractivity (Wildman–Crippen MR) is 258 cm³/mol. The van der Waals surface area contributed by atoms with Crippen molar-refractivity contribution in [2.45, 2.75) is 42.4 Å². The van der Waals surface area contributed by atoms with Crippen LogP contribution in [0, 0.1) is 0 Å². The Kier molecular flexibility index (Phi) is 10.0. The van der Waals surface area contributed by atoms with E-state index in [2.05, 4.69) is 152 Å². The van der Waals surface area contributed by atoms with Gasteiger partial charge in [0.25, 0.3) is 0 Å². The monoisotopic (exact) mass is 864 g/mol. The fraction of sp³-hybridized carbons (Fsp3) is 0.123. The van der Waals surface area contributed by atoms with Crippen LogP contribution in [0.5, 0.6) is 0 Å². The molecule has 0 bridgehead atoms. The Labute approximate surface area is 378 Å². The van der Waals surface area contributed by atoms with Crippen molar-refractivity contribution >= 4 is 68.7 Å². The molecule has 4 heteroatoms. The van der Waals surface area contributed by atoms with Crippen molar-refractivity contribution in [3.05, 3.63) is 269 Å². The van der Waals surface area contributed by atoms with Crippen molar-refractivity contribution in [3.63, 3.8) is 0 Å². The van der Waals surface area contributed by atoms with Crippen molar-refractivity contribution in [1.82, 2.24) is 0 Å². The summed E-state index contributed by atoms with van der Waals surface area (Å²) in [7, 11) is 0. The Morgan fingerprint density at radius 2 is 0.738 bits per heavy atom. The third kappa shape index (κ3) is 6.50. The zero-order valence-electron chi connectivity index (χ0n) is 33.2. The van der Waals surface area contributed by atoms with Gasteiger partial charge in [0.1, 0.15) is 0 Å². The van der Waals surface area contributed by atoms with Gasteiger partial charge in [-0.3, -0.25) is 0 Å². The highest BCUT2D eigenvalue weighted by molar-refractivity contribution is 6.37. The van der Waals surface area contributed by atoms with E-state index in [-0.39, 0.29) is 29.6 Å². The summed E-state index contributed by atoms with van der Waals surface area (Å²) in [5.74, 6) is -0.252. The summed E-state index contributed by atoms with van der Waals surface area (Å²) in [5, 5.41) is 2.70. The van der Waals surface area contributed by atoms with Crippen LogP contribution >= 0.6 is 46.4 Å². The lowest BCUT2D eigenvalue weighted by atomic mass is 9.73. The molecule has 0 N–H and O–H groups in total. The molecule has 0 radical (unpaired) electrons. The first-order chi connectivity index (χ1) is 30.0. The topological polar surface area (TPSA) is 0 Å². The van der Waals surface area contributed by atoms with Crippen LogP contribution in [0.3, 0.4) is 0 Å². The second-order valence-corrected chi connectivity index (χ2v) is 18.2. The molecule has 0 aromatic heterocycles. The molecule has 7 aromatic carbocycles. The summed E-state index contributed by atoms with van der Waals surface area (Å²) in [5.41, 5.74) is 18.4. The molecule has 0 spiro atoms. The van der Waals surface area contributed by atoms with Crippen molar-refractivity contribution in [3.8, 4) is 0 Å². The Hall–Kier alpha value is -5.34. The SMILES string of the molecule is Clc1cccc(Cl)c1C(C1=CCc2ccccc21)C1=CC(C(c2ccccc2)C2C=C(C(C3=CCc4ccccc43)c3c(Cl)cccc3Cl)c3ccccc32)c2ccccc21. The molecule has 11 rings (SSSR count). The minimum absolute atomic E-state index is 0.0250. The Morgan fingerprint density at radius 3 is 1.18 bits per heavy atom. The highest BCUT2D eigenvalue weighted by atomic mass is 35.5. The molecule has 4 unspecified atom stereocenters. The molecular weight excluding hydrogens is 826 g/mol. The molecule has 0 aliphatic heterocycles. The van der Waals surface area contributed by atoms with Gasteiger partial charge in [-0.1, -0.05) is 210 Å². The number of allylic oxidation sites excluding steroid dienone is 8. The first-order valence-electron chi connectivity index (χ1n) is 21.1. The molecule has 0 nitrogen and oxygen atoms in total. The highest BCUT2D eigenvalue weighted by Gasteiger charge is 2.43. The molecule has 4 aliphatic rings. The second kappa shape index (κ2) is 15.8. The Balaban J connectivity index is 1.13. The van der Waals surface area contributed by atoms with Crippen molar-refractivity contribution in [2.75, 3.05) is 0 Å². The number of halogens is 4. The number of fused-ring (bicyclic) bond motifs is 4. The van der Waals surface area contributed by atoms with Gasteiger partial charge in [0.2, 0.25) is 0 Å². The average molecular weight is 867 g/mol. The average Bonchev–Trinajstić information content (AvgIpc) is 4.09. The van der Waals surface area contributed by atoms with E-state index in [0.717, 1.165) is 24.0 Å². The van der Waals surface area contributed by atoms with Gasteiger partial charge in [-0.25, -0.2) is 0 Å². The van der Waals surface area contributed by atoms with Gasteiger partial charge in [-0.05, 0) is 109 Å². The van der Waals surface area contributed by atoms with Gasteiger partial charge >= 0.3 is 0 Å². The van der Waals surface area contributed by atoms with Crippen LogP contribution in [0.15, 0.2) is 188 Å². The van der Waals surface area contributed by atoms with Gasteiger partial charge in [0.15, 0.2) is 0 Å². The number of benzene rings is 7. The molecule has 0 fully saturated rings. The number of rotatable bonds is 9. The highest BCUT2D eigenvalue weighted by Crippen LogP contribution is 2.61. The maximum atomic E-state index is 7.22. The zero-order chi connectivity index (χ0) is 41.2. The van der Waals surface area contributed by atoms with Crippen molar-refractivity contribution in [2.24, 2.45) is 0 Å². The summed E-state index contributed by atoms with van der Waals surface area (Å²) >= 11 is 28.9. The minimum Gasteiger partial charge on any atom is -0.0839 e. The summed E-state index contributed by atoms with van der Waals surface area (Å²) in [4.78, 5) is 0. The third-order valence-electron chi connectivity index (χ3n) is 13.5. The maximum absolute atomic E-state index is 7.22. The lowest BCUT2D eigenvalue weighted by Gasteiger charge is -2.30. The van der Waals surface area contributed by atoms with E-state index in [1.807, 2.05) is 36.4 Å². The van der Waals surface area contributed by atoms with Crippen molar-refractivity contribution in [1.29, 1.82) is 0 Å². The smallest absolute Gasteiger partial charge is 0.0462 e. The van der Waals surface area contributed by atoms with E-state index in [0.29, 0.717) is 20.1 Å². The predicted octanol–water partition coefficient (Wildman–Crippen LogP) is 16.6. The first kappa shape index (κ1) is 38.6. The Bertz CT molecular complexity index is 2780. The molecule has 4 aliphatic carbocycles. The number of hydrogen-bond donors (Lipinski definition) is 0. The third-order valence-corrected chi connectivity index (χ3v) is 14.8. The van der Waals surface area contributed by atoms with Crippen LogP contribution in [-0.2, 0) is 12.8 Å². The van der Waals surface area contributed by atoms with Crippen LogP contribution in [0.4, 0.5) is 0 Å². The molecule has 296 valence electrons. The number of hydrogen-bond acceptors (Lipinski definition) is 0. The first-order valence-corrected chi connectivity index (χ1v) is 22.6. The van der Waals surface area contributed by atoms with Crippen LogP contribution < -0.4 is 0 Å². The maximum Gasteiger partial charge on any atom is 0.0462 e. The second-order valence-electron chi connectivity index (χ2n) is 16.6. The molecular formula is C57H40Cl4.